The molecule has 8 heteroatoms. The van der Waals surface area contributed by atoms with Crippen molar-refractivity contribution in [2.75, 3.05) is 11.1 Å². The number of carbonyl (C=O) groups excluding carboxylic acids is 1. The summed E-state index contributed by atoms with van der Waals surface area (Å²) in [5, 5.41) is 9.85. The van der Waals surface area contributed by atoms with Gasteiger partial charge in [-0.3, -0.25) is 9.89 Å². The van der Waals surface area contributed by atoms with Crippen LogP contribution in [0.15, 0.2) is 58.2 Å². The van der Waals surface area contributed by atoms with Gasteiger partial charge in [0.1, 0.15) is 5.82 Å². The molecule has 0 aliphatic rings. The van der Waals surface area contributed by atoms with Crippen LogP contribution in [0.2, 0.25) is 0 Å². The summed E-state index contributed by atoms with van der Waals surface area (Å²) in [5.41, 5.74) is 1.06. The summed E-state index contributed by atoms with van der Waals surface area (Å²) in [4.78, 5) is 16.1. The van der Waals surface area contributed by atoms with E-state index in [1.165, 1.54) is 17.8 Å². The maximum Gasteiger partial charge on any atom is 0.234 e. The fourth-order valence-corrected chi connectivity index (χ4v) is 2.81. The van der Waals surface area contributed by atoms with E-state index in [0.717, 1.165) is 4.47 Å². The number of aromatic amines is 1. The van der Waals surface area contributed by atoms with Crippen LogP contribution in [-0.4, -0.2) is 26.8 Å². The largest absolute Gasteiger partial charge is 0.325 e. The third-order valence-corrected chi connectivity index (χ3v) is 4.43. The first-order valence-electron chi connectivity index (χ1n) is 6.97. The van der Waals surface area contributed by atoms with Crippen LogP contribution in [0.1, 0.15) is 0 Å². The molecule has 122 valence electrons. The molecule has 0 aliphatic heterocycles. The van der Waals surface area contributed by atoms with Gasteiger partial charge in [0.2, 0.25) is 11.1 Å². The number of carbonyl (C=O) groups is 1. The number of thioether (sulfide) groups is 1. The molecular weight excluding hydrogens is 395 g/mol. The van der Waals surface area contributed by atoms with Crippen molar-refractivity contribution in [3.05, 3.63) is 58.8 Å². The van der Waals surface area contributed by atoms with Gasteiger partial charge < -0.3 is 5.32 Å². The third kappa shape index (κ3) is 4.21. The van der Waals surface area contributed by atoms with Crippen molar-refractivity contribution in [3.63, 3.8) is 0 Å². The molecule has 0 fully saturated rings. The number of amides is 1. The molecule has 0 spiro atoms. The number of hydrogen-bond acceptors (Lipinski definition) is 4. The number of benzene rings is 2. The fraction of sp³-hybridized carbons (Fsp3) is 0.0625. The van der Waals surface area contributed by atoms with E-state index in [4.69, 9.17) is 0 Å². The molecule has 0 bridgehead atoms. The lowest BCUT2D eigenvalue weighted by Gasteiger charge is -2.03. The average Bonchev–Trinajstić information content (AvgIpc) is 3.04. The first-order chi connectivity index (χ1) is 11.6. The summed E-state index contributed by atoms with van der Waals surface area (Å²) in [6.07, 6.45) is 0. The van der Waals surface area contributed by atoms with Crippen molar-refractivity contribution in [3.8, 4) is 11.4 Å². The zero-order valence-electron chi connectivity index (χ0n) is 12.3. The number of halogens is 2. The number of hydrogen-bond donors (Lipinski definition) is 2. The van der Waals surface area contributed by atoms with Gasteiger partial charge in [0, 0.05) is 10.2 Å². The van der Waals surface area contributed by atoms with E-state index in [1.807, 2.05) is 12.1 Å². The molecule has 0 atom stereocenters. The lowest BCUT2D eigenvalue weighted by atomic mass is 10.2. The second-order valence-electron chi connectivity index (χ2n) is 4.79. The molecule has 0 saturated carbocycles. The highest BCUT2D eigenvalue weighted by Crippen LogP contribution is 2.22. The molecule has 24 heavy (non-hydrogen) atoms. The van der Waals surface area contributed by atoms with Crippen LogP contribution in [0.5, 0.6) is 0 Å². The van der Waals surface area contributed by atoms with Crippen LogP contribution >= 0.6 is 27.7 Å². The van der Waals surface area contributed by atoms with Gasteiger partial charge in [0.15, 0.2) is 5.82 Å². The Morgan fingerprint density at radius 1 is 1.21 bits per heavy atom. The van der Waals surface area contributed by atoms with Gasteiger partial charge in [0.25, 0.3) is 0 Å². The van der Waals surface area contributed by atoms with E-state index in [2.05, 4.69) is 36.4 Å². The van der Waals surface area contributed by atoms with Gasteiger partial charge in [-0.05, 0) is 36.4 Å². The number of nitrogens with one attached hydrogen (secondary N) is 2. The molecule has 3 aromatic rings. The Morgan fingerprint density at radius 2 is 1.96 bits per heavy atom. The van der Waals surface area contributed by atoms with Crippen molar-refractivity contribution >= 4 is 39.3 Å². The Labute approximate surface area is 150 Å². The molecule has 3 rings (SSSR count). The predicted molar refractivity (Wildman–Crippen MR) is 95.3 cm³/mol. The van der Waals surface area contributed by atoms with E-state index in [9.17, 15) is 9.18 Å². The molecule has 0 radical (unpaired) electrons. The topological polar surface area (TPSA) is 70.7 Å². The first kappa shape index (κ1) is 16.7. The van der Waals surface area contributed by atoms with Crippen LogP contribution in [0.25, 0.3) is 11.4 Å². The number of rotatable bonds is 5. The number of H-pyrrole nitrogens is 1. The monoisotopic (exact) mass is 406 g/mol. The first-order valence-corrected chi connectivity index (χ1v) is 8.75. The maximum absolute atomic E-state index is 13.7. The molecule has 1 amide bonds. The second-order valence-corrected chi connectivity index (χ2v) is 6.65. The highest BCUT2D eigenvalue weighted by atomic mass is 79.9. The van der Waals surface area contributed by atoms with Crippen LogP contribution in [-0.2, 0) is 4.79 Å². The van der Waals surface area contributed by atoms with Crippen LogP contribution < -0.4 is 5.32 Å². The van der Waals surface area contributed by atoms with Gasteiger partial charge in [0.05, 0.1) is 11.3 Å². The van der Waals surface area contributed by atoms with Crippen LogP contribution in [0, 0.1) is 5.82 Å². The van der Waals surface area contributed by atoms with E-state index < -0.39 is 0 Å². The smallest absolute Gasteiger partial charge is 0.234 e. The third-order valence-electron chi connectivity index (χ3n) is 3.05. The van der Waals surface area contributed by atoms with Crippen molar-refractivity contribution in [1.82, 2.24) is 15.2 Å². The quantitative estimate of drug-likeness (QED) is 0.625. The zero-order chi connectivity index (χ0) is 16.9. The Hall–Kier alpha value is -2.19. The Morgan fingerprint density at radius 3 is 2.71 bits per heavy atom. The lowest BCUT2D eigenvalue weighted by Crippen LogP contribution is -2.13. The summed E-state index contributed by atoms with van der Waals surface area (Å²) in [7, 11) is 0. The van der Waals surface area contributed by atoms with Gasteiger partial charge in [-0.25, -0.2) is 9.37 Å². The van der Waals surface area contributed by atoms with Gasteiger partial charge in [-0.15, -0.1) is 5.10 Å². The predicted octanol–water partition coefficient (Wildman–Crippen LogP) is 4.10. The summed E-state index contributed by atoms with van der Waals surface area (Å²) >= 11 is 4.51. The van der Waals surface area contributed by atoms with Crippen molar-refractivity contribution in [1.29, 1.82) is 0 Å². The van der Waals surface area contributed by atoms with Gasteiger partial charge >= 0.3 is 0 Å². The van der Waals surface area contributed by atoms with Gasteiger partial charge in [-0.1, -0.05) is 39.8 Å². The summed E-state index contributed by atoms with van der Waals surface area (Å²) in [6, 6.07) is 13.6. The zero-order valence-corrected chi connectivity index (χ0v) is 14.7. The van der Waals surface area contributed by atoms with E-state index in [0.29, 0.717) is 22.2 Å². The van der Waals surface area contributed by atoms with Crippen LogP contribution in [0.4, 0.5) is 10.1 Å². The van der Waals surface area contributed by atoms with Crippen molar-refractivity contribution < 1.29 is 9.18 Å². The van der Waals surface area contributed by atoms with Gasteiger partial charge in [-0.2, -0.15) is 0 Å². The molecule has 1 aromatic heterocycles. The van der Waals surface area contributed by atoms with Crippen molar-refractivity contribution in [2.45, 2.75) is 5.16 Å². The highest BCUT2D eigenvalue weighted by molar-refractivity contribution is 9.10. The second kappa shape index (κ2) is 7.59. The number of nitrogens with zero attached hydrogens (tertiary/aromatic N) is 2. The normalized spacial score (nSPS) is 10.6. The minimum atomic E-state index is -0.377. The lowest BCUT2D eigenvalue weighted by molar-refractivity contribution is -0.113. The van der Waals surface area contributed by atoms with E-state index >= 15 is 0 Å². The molecule has 0 aliphatic carbocycles. The fourth-order valence-electron chi connectivity index (χ4n) is 1.95. The summed E-state index contributed by atoms with van der Waals surface area (Å²) in [6.45, 7) is 0. The minimum Gasteiger partial charge on any atom is -0.325 e. The molecule has 0 unspecified atom stereocenters. The Kier molecular flexibility index (Phi) is 5.27. The Bertz CT molecular complexity index is 853. The molecular formula is C16H12BrFN4OS. The maximum atomic E-state index is 13.7. The number of anilines is 1. The van der Waals surface area contributed by atoms with Crippen LogP contribution in [0.3, 0.4) is 0 Å². The summed E-state index contributed by atoms with van der Waals surface area (Å²) < 4.78 is 14.6. The molecule has 1 heterocycles. The summed E-state index contributed by atoms with van der Waals surface area (Å²) in [5.74, 6) is -0.0494. The SMILES string of the molecule is O=C(CSc1n[nH]c(-c2ccccc2F)n1)Nc1ccc(Br)cc1. The minimum absolute atomic E-state index is 0.157. The highest BCUT2D eigenvalue weighted by Gasteiger charge is 2.11. The van der Waals surface area contributed by atoms with E-state index in [1.54, 1.807) is 30.3 Å². The molecule has 5 nitrogen and oxygen atoms in total. The average molecular weight is 407 g/mol. The number of aromatic nitrogens is 3. The van der Waals surface area contributed by atoms with E-state index in [-0.39, 0.29) is 17.5 Å². The molecule has 2 N–H and O–H groups in total. The molecule has 0 saturated heterocycles. The standard InChI is InChI=1S/C16H12BrFN4OS/c17-10-5-7-11(8-6-10)19-14(23)9-24-16-20-15(21-22-16)12-3-1-2-4-13(12)18/h1-8H,9H2,(H,19,23)(H,20,21,22). The Balaban J connectivity index is 1.58. The molecule has 2 aromatic carbocycles. The van der Waals surface area contributed by atoms with Crippen molar-refractivity contribution in [2.24, 2.45) is 0 Å².